The van der Waals surface area contributed by atoms with Crippen molar-refractivity contribution in [1.82, 2.24) is 9.55 Å². The van der Waals surface area contributed by atoms with Gasteiger partial charge in [0.25, 0.3) is 0 Å². The summed E-state index contributed by atoms with van der Waals surface area (Å²) >= 11 is 0. The zero-order valence-corrected chi connectivity index (χ0v) is 21.3. The molecule has 4 atom stereocenters. The van der Waals surface area contributed by atoms with Gasteiger partial charge in [-0.1, -0.05) is 62.8 Å². The summed E-state index contributed by atoms with van der Waals surface area (Å²) < 4.78 is 8.45. The lowest BCUT2D eigenvalue weighted by molar-refractivity contribution is -0.136. The van der Waals surface area contributed by atoms with Crippen LogP contribution in [0.15, 0.2) is 36.8 Å². The highest BCUT2D eigenvalue weighted by Crippen LogP contribution is 2.46. The number of carboxylic acids is 1. The third-order valence-electron chi connectivity index (χ3n) is 8.92. The van der Waals surface area contributed by atoms with Crippen LogP contribution in [0.3, 0.4) is 0 Å². The number of ether oxygens (including phenoxy) is 1. The van der Waals surface area contributed by atoms with Crippen LogP contribution in [0.5, 0.6) is 0 Å². The summed E-state index contributed by atoms with van der Waals surface area (Å²) in [6.07, 6.45) is 17.3. The molecule has 2 aromatic rings. The molecule has 3 heterocycles. The Morgan fingerprint density at radius 2 is 1.72 bits per heavy atom. The van der Waals surface area contributed by atoms with E-state index in [1.54, 1.807) is 6.20 Å². The van der Waals surface area contributed by atoms with Gasteiger partial charge < -0.3 is 14.4 Å². The number of hydrogen-bond acceptors (Lipinski definition) is 4. The van der Waals surface area contributed by atoms with Crippen LogP contribution >= 0.6 is 0 Å². The number of carboxylic acid groups (broad SMARTS) is 1. The Morgan fingerprint density at radius 1 is 0.972 bits per heavy atom. The molecule has 2 aliphatic heterocycles. The van der Waals surface area contributed by atoms with Gasteiger partial charge in [-0.15, -0.1) is 0 Å². The highest BCUT2D eigenvalue weighted by Gasteiger charge is 2.48. The molecule has 1 saturated carbocycles. The number of rotatable bonds is 12. The number of imidazole rings is 1. The van der Waals surface area contributed by atoms with E-state index in [1.807, 2.05) is 18.5 Å². The number of ketones is 1. The van der Waals surface area contributed by atoms with Gasteiger partial charge in [-0.3, -0.25) is 9.59 Å². The van der Waals surface area contributed by atoms with Crippen molar-refractivity contribution < 1.29 is 19.4 Å². The molecule has 1 aromatic heterocycles. The van der Waals surface area contributed by atoms with Gasteiger partial charge in [0.15, 0.2) is 5.78 Å². The maximum absolute atomic E-state index is 13.1. The molecule has 5 rings (SSSR count). The maximum Gasteiger partial charge on any atom is 0.303 e. The minimum Gasteiger partial charge on any atom is -0.481 e. The number of aliphatic carboxylic acids is 1. The molecule has 3 fully saturated rings. The second kappa shape index (κ2) is 11.7. The van der Waals surface area contributed by atoms with E-state index in [2.05, 4.69) is 21.7 Å². The van der Waals surface area contributed by atoms with Crippen molar-refractivity contribution >= 4 is 11.8 Å². The van der Waals surface area contributed by atoms with E-state index in [0.29, 0.717) is 24.7 Å². The molecule has 1 N–H and O–H groups in total. The van der Waals surface area contributed by atoms with Gasteiger partial charge in [0.2, 0.25) is 0 Å². The summed E-state index contributed by atoms with van der Waals surface area (Å²) in [6.45, 7) is 0.757. The highest BCUT2D eigenvalue weighted by atomic mass is 16.5. The second-order valence-electron chi connectivity index (χ2n) is 11.2. The monoisotopic (exact) mass is 492 g/mol. The summed E-state index contributed by atoms with van der Waals surface area (Å²) in [4.78, 5) is 28.6. The van der Waals surface area contributed by atoms with Crippen LogP contribution in [0, 0.1) is 17.8 Å². The van der Waals surface area contributed by atoms with Crippen molar-refractivity contribution in [2.75, 3.05) is 0 Å². The van der Waals surface area contributed by atoms with Crippen LogP contribution in [0.25, 0.3) is 0 Å². The number of benzene rings is 1. The van der Waals surface area contributed by atoms with Crippen molar-refractivity contribution in [3.63, 3.8) is 0 Å². The molecule has 2 bridgehead atoms. The number of aryl methyl sites for hydroxylation is 1. The van der Waals surface area contributed by atoms with Crippen molar-refractivity contribution in [3.8, 4) is 0 Å². The Morgan fingerprint density at radius 3 is 2.50 bits per heavy atom. The Balaban J connectivity index is 1.23. The normalized spacial score (nSPS) is 25.9. The number of hydrogen-bond donors (Lipinski definition) is 1. The van der Waals surface area contributed by atoms with E-state index in [1.165, 1.54) is 44.1 Å². The van der Waals surface area contributed by atoms with E-state index in [4.69, 9.17) is 9.84 Å². The summed E-state index contributed by atoms with van der Waals surface area (Å²) in [5.41, 5.74) is 3.09. The Kier molecular flexibility index (Phi) is 8.20. The molecular weight excluding hydrogens is 452 g/mol. The van der Waals surface area contributed by atoms with Crippen LogP contribution in [-0.2, 0) is 28.9 Å². The summed E-state index contributed by atoms with van der Waals surface area (Å²) in [5, 5.41) is 9.16. The van der Waals surface area contributed by atoms with Gasteiger partial charge in [0.05, 0.1) is 24.7 Å². The number of fused-ring (bicyclic) bond motifs is 2. The number of Topliss-reactive ketones (excluding diaryl/α,β-unsaturated/α-hetero) is 1. The van der Waals surface area contributed by atoms with Gasteiger partial charge in [-0.05, 0) is 55.1 Å². The molecule has 1 aromatic carbocycles. The summed E-state index contributed by atoms with van der Waals surface area (Å²) in [6, 6.07) is 8.23. The number of nitrogens with zero attached hydrogens (tertiary/aromatic N) is 2. The molecule has 0 radical (unpaired) electrons. The van der Waals surface area contributed by atoms with E-state index < -0.39 is 5.97 Å². The average molecular weight is 493 g/mol. The Bertz CT molecular complexity index is 1040. The topological polar surface area (TPSA) is 81.4 Å². The van der Waals surface area contributed by atoms with Crippen molar-refractivity contribution in [2.24, 2.45) is 17.8 Å². The molecule has 0 unspecified atom stereocenters. The SMILES string of the molecule is O=C(O)CCc1ccccc1C[C@@H]1[C@H](Cn2cncc2C(=O)CCCC2CCCCC2)[C@H]2CC[C@@H]1O2. The average Bonchev–Trinajstić information content (AvgIpc) is 3.62. The molecule has 36 heavy (non-hydrogen) atoms. The minimum atomic E-state index is -0.762. The van der Waals surface area contributed by atoms with E-state index in [-0.39, 0.29) is 24.4 Å². The maximum atomic E-state index is 13.1. The largest absolute Gasteiger partial charge is 0.481 e. The fourth-order valence-electron chi connectivity index (χ4n) is 6.98. The van der Waals surface area contributed by atoms with Gasteiger partial charge in [-0.2, -0.15) is 0 Å². The van der Waals surface area contributed by atoms with Crippen LogP contribution in [0.4, 0.5) is 0 Å². The summed E-state index contributed by atoms with van der Waals surface area (Å²) in [7, 11) is 0. The summed E-state index contributed by atoms with van der Waals surface area (Å²) in [5.74, 6) is 0.956. The van der Waals surface area contributed by atoms with E-state index in [9.17, 15) is 9.59 Å². The lowest BCUT2D eigenvalue weighted by Gasteiger charge is -2.29. The number of carbonyl (C=O) groups excluding carboxylic acids is 1. The van der Waals surface area contributed by atoms with Crippen LogP contribution in [0.1, 0.15) is 92.2 Å². The first-order chi connectivity index (χ1) is 17.6. The highest BCUT2D eigenvalue weighted by molar-refractivity contribution is 5.94. The first-order valence-corrected chi connectivity index (χ1v) is 14.1. The van der Waals surface area contributed by atoms with Crippen molar-refractivity contribution in [1.29, 1.82) is 0 Å². The van der Waals surface area contributed by atoms with Crippen molar-refractivity contribution in [2.45, 2.75) is 102 Å². The van der Waals surface area contributed by atoms with Gasteiger partial charge in [0, 0.05) is 25.3 Å². The molecule has 6 nitrogen and oxygen atoms in total. The zero-order valence-electron chi connectivity index (χ0n) is 21.3. The standard InChI is InChI=1S/C30H40N2O4/c33-27(12-6-9-21-7-2-1-3-8-21)26-18-31-20-32(26)19-25-24(28-14-15-29(25)36-28)17-23-11-5-4-10-22(23)13-16-30(34)35/h4-5,10-11,18,20-21,24-25,28-29H,1-3,6-9,12-17,19H2,(H,34,35)/t24-,25+,28+,29-/m1/s1. The van der Waals surface area contributed by atoms with E-state index in [0.717, 1.165) is 49.4 Å². The zero-order chi connectivity index (χ0) is 24.9. The molecule has 0 amide bonds. The first-order valence-electron chi connectivity index (χ1n) is 14.1. The van der Waals surface area contributed by atoms with Crippen LogP contribution in [0.2, 0.25) is 0 Å². The van der Waals surface area contributed by atoms with Crippen LogP contribution in [-0.4, -0.2) is 38.6 Å². The smallest absolute Gasteiger partial charge is 0.303 e. The number of carbonyl (C=O) groups is 2. The molecule has 2 saturated heterocycles. The Hall–Kier alpha value is -2.47. The van der Waals surface area contributed by atoms with E-state index >= 15 is 0 Å². The molecule has 6 heteroatoms. The molecular formula is C30H40N2O4. The fourth-order valence-corrected chi connectivity index (χ4v) is 6.98. The second-order valence-corrected chi connectivity index (χ2v) is 11.2. The predicted octanol–water partition coefficient (Wildman–Crippen LogP) is 5.87. The minimum absolute atomic E-state index is 0.148. The quantitative estimate of drug-likeness (QED) is 0.375. The molecule has 3 aliphatic rings. The van der Waals surface area contributed by atoms with Crippen LogP contribution < -0.4 is 0 Å². The lowest BCUT2D eigenvalue weighted by Crippen LogP contribution is -2.33. The van der Waals surface area contributed by atoms with Gasteiger partial charge in [-0.25, -0.2) is 4.98 Å². The predicted molar refractivity (Wildman–Crippen MR) is 138 cm³/mol. The van der Waals surface area contributed by atoms with Gasteiger partial charge >= 0.3 is 5.97 Å². The van der Waals surface area contributed by atoms with Crippen molar-refractivity contribution in [3.05, 3.63) is 53.6 Å². The fraction of sp³-hybridized carbons (Fsp3) is 0.633. The third-order valence-corrected chi connectivity index (χ3v) is 8.92. The first kappa shape index (κ1) is 25.2. The third kappa shape index (κ3) is 5.91. The Labute approximate surface area is 214 Å². The molecule has 194 valence electrons. The lowest BCUT2D eigenvalue weighted by atomic mass is 9.75. The molecule has 1 aliphatic carbocycles. The number of aromatic nitrogens is 2. The molecule has 0 spiro atoms. The van der Waals surface area contributed by atoms with Gasteiger partial charge in [0.1, 0.15) is 5.69 Å².